The Kier molecular flexibility index (Phi) is 4.70. The normalized spacial score (nSPS) is 18.5. The van der Waals surface area contributed by atoms with Gasteiger partial charge in [0.05, 0.1) is 12.6 Å². The van der Waals surface area contributed by atoms with Gasteiger partial charge in [-0.1, -0.05) is 11.3 Å². The molecule has 2 heterocycles. The van der Waals surface area contributed by atoms with Crippen molar-refractivity contribution in [3.8, 4) is 0 Å². The molecule has 1 aliphatic rings. The Labute approximate surface area is 106 Å². The lowest BCUT2D eigenvalue weighted by Gasteiger charge is -2.30. The third-order valence-electron chi connectivity index (χ3n) is 2.98. The predicted molar refractivity (Wildman–Crippen MR) is 69.4 cm³/mol. The Morgan fingerprint density at radius 1 is 1.41 bits per heavy atom. The molecular weight excluding hydrogens is 236 g/mol. The first-order chi connectivity index (χ1) is 8.31. The van der Waals surface area contributed by atoms with E-state index in [1.54, 1.807) is 11.3 Å². The molecule has 0 unspecified atom stereocenters. The largest absolute Gasteiger partial charge is 0.378 e. The molecular formula is C11H20N4OS. The lowest BCUT2D eigenvalue weighted by molar-refractivity contribution is 0.0125. The maximum absolute atomic E-state index is 5.64. The summed E-state index contributed by atoms with van der Waals surface area (Å²) in [7, 11) is 1.87. The van der Waals surface area contributed by atoms with Crippen molar-refractivity contribution >= 4 is 16.5 Å². The minimum Gasteiger partial charge on any atom is -0.378 e. The van der Waals surface area contributed by atoms with E-state index in [2.05, 4.69) is 27.3 Å². The highest BCUT2D eigenvalue weighted by atomic mass is 32.1. The van der Waals surface area contributed by atoms with Gasteiger partial charge in [0.2, 0.25) is 5.13 Å². The Hall–Kier alpha value is -0.720. The molecule has 0 aliphatic carbocycles. The smallest absolute Gasteiger partial charge is 0.205 e. The lowest BCUT2D eigenvalue weighted by Crippen LogP contribution is -2.36. The average Bonchev–Trinajstić information content (AvgIpc) is 2.80. The molecule has 0 spiro atoms. The highest BCUT2D eigenvalue weighted by Gasteiger charge is 2.20. The fourth-order valence-electron chi connectivity index (χ4n) is 2.08. The summed E-state index contributed by atoms with van der Waals surface area (Å²) >= 11 is 1.63. The summed E-state index contributed by atoms with van der Waals surface area (Å²) in [5, 5.41) is 13.2. The van der Waals surface area contributed by atoms with Crippen LogP contribution in [0.25, 0.3) is 0 Å². The van der Waals surface area contributed by atoms with Crippen LogP contribution in [0.3, 0.4) is 0 Å². The van der Waals surface area contributed by atoms with Crippen molar-refractivity contribution in [1.29, 1.82) is 0 Å². The molecule has 1 fully saturated rings. The van der Waals surface area contributed by atoms with Gasteiger partial charge < -0.3 is 10.1 Å². The number of piperidine rings is 1. The van der Waals surface area contributed by atoms with Crippen molar-refractivity contribution in [3.05, 3.63) is 5.01 Å². The second-order valence-corrected chi connectivity index (χ2v) is 5.24. The van der Waals surface area contributed by atoms with Gasteiger partial charge in [0, 0.05) is 26.7 Å². The van der Waals surface area contributed by atoms with Crippen LogP contribution in [0.4, 0.5) is 5.13 Å². The molecule has 17 heavy (non-hydrogen) atoms. The molecule has 1 N–H and O–H groups in total. The molecule has 0 saturated carbocycles. The first-order valence-electron chi connectivity index (χ1n) is 6.16. The van der Waals surface area contributed by atoms with E-state index in [-0.39, 0.29) is 0 Å². The lowest BCUT2D eigenvalue weighted by atomic mass is 10.1. The summed E-state index contributed by atoms with van der Waals surface area (Å²) < 4.78 is 5.64. The van der Waals surface area contributed by atoms with Crippen molar-refractivity contribution in [2.24, 2.45) is 0 Å². The minimum atomic E-state index is 0.457. The Balaban J connectivity index is 1.77. The zero-order valence-corrected chi connectivity index (χ0v) is 11.3. The van der Waals surface area contributed by atoms with Crippen LogP contribution in [0.15, 0.2) is 0 Å². The first kappa shape index (κ1) is 12.7. The van der Waals surface area contributed by atoms with Gasteiger partial charge in [0.25, 0.3) is 0 Å². The van der Waals surface area contributed by atoms with E-state index in [0.717, 1.165) is 49.2 Å². The minimum absolute atomic E-state index is 0.457. The number of hydrogen-bond acceptors (Lipinski definition) is 6. The van der Waals surface area contributed by atoms with Gasteiger partial charge >= 0.3 is 0 Å². The van der Waals surface area contributed by atoms with E-state index in [4.69, 9.17) is 4.74 Å². The standard InChI is InChI=1S/C11H20N4OS/c1-3-16-9-4-6-15(7-5-9)8-10-13-14-11(12-2)17-10/h9H,3-8H2,1-2H3,(H,12,14). The van der Waals surface area contributed by atoms with E-state index in [1.165, 1.54) is 0 Å². The Bertz CT molecular complexity index is 336. The topological polar surface area (TPSA) is 50.3 Å². The molecule has 1 aromatic rings. The van der Waals surface area contributed by atoms with Crippen LogP contribution < -0.4 is 5.32 Å². The Morgan fingerprint density at radius 2 is 2.18 bits per heavy atom. The van der Waals surface area contributed by atoms with Crippen LogP contribution in [-0.2, 0) is 11.3 Å². The van der Waals surface area contributed by atoms with Crippen molar-refractivity contribution in [2.45, 2.75) is 32.4 Å². The van der Waals surface area contributed by atoms with Gasteiger partial charge in [-0.05, 0) is 19.8 Å². The van der Waals surface area contributed by atoms with Crippen LogP contribution in [0.2, 0.25) is 0 Å². The summed E-state index contributed by atoms with van der Waals surface area (Å²) in [6.07, 6.45) is 2.72. The van der Waals surface area contributed by atoms with Gasteiger partial charge in [-0.15, -0.1) is 10.2 Å². The zero-order chi connectivity index (χ0) is 12.1. The van der Waals surface area contributed by atoms with Crippen molar-refractivity contribution < 1.29 is 4.74 Å². The van der Waals surface area contributed by atoms with E-state index < -0.39 is 0 Å². The maximum Gasteiger partial charge on any atom is 0.205 e. The highest BCUT2D eigenvalue weighted by Crippen LogP contribution is 2.19. The van der Waals surface area contributed by atoms with Crippen LogP contribution in [0.1, 0.15) is 24.8 Å². The van der Waals surface area contributed by atoms with E-state index in [9.17, 15) is 0 Å². The number of anilines is 1. The van der Waals surface area contributed by atoms with Gasteiger partial charge in [-0.25, -0.2) is 0 Å². The van der Waals surface area contributed by atoms with Crippen LogP contribution in [0, 0.1) is 0 Å². The number of likely N-dealkylation sites (tertiary alicyclic amines) is 1. The summed E-state index contributed by atoms with van der Waals surface area (Å²) in [5.74, 6) is 0. The van der Waals surface area contributed by atoms with Gasteiger partial charge in [-0.2, -0.15) is 0 Å². The molecule has 96 valence electrons. The van der Waals surface area contributed by atoms with Crippen LogP contribution >= 0.6 is 11.3 Å². The first-order valence-corrected chi connectivity index (χ1v) is 6.97. The number of rotatable bonds is 5. The van der Waals surface area contributed by atoms with E-state index in [0.29, 0.717) is 6.10 Å². The number of ether oxygens (including phenoxy) is 1. The molecule has 1 aromatic heterocycles. The molecule has 1 aliphatic heterocycles. The molecule has 0 atom stereocenters. The van der Waals surface area contributed by atoms with Crippen LogP contribution in [-0.4, -0.2) is 47.9 Å². The molecule has 1 saturated heterocycles. The predicted octanol–water partition coefficient (Wildman–Crippen LogP) is 1.58. The summed E-state index contributed by atoms with van der Waals surface area (Å²) in [6, 6.07) is 0. The second-order valence-electron chi connectivity index (χ2n) is 4.18. The number of hydrogen-bond donors (Lipinski definition) is 1. The molecule has 6 heteroatoms. The van der Waals surface area contributed by atoms with Crippen molar-refractivity contribution in [3.63, 3.8) is 0 Å². The van der Waals surface area contributed by atoms with Crippen LogP contribution in [0.5, 0.6) is 0 Å². The van der Waals surface area contributed by atoms with Gasteiger partial charge in [0.15, 0.2) is 0 Å². The van der Waals surface area contributed by atoms with Gasteiger partial charge in [0.1, 0.15) is 5.01 Å². The quantitative estimate of drug-likeness (QED) is 0.867. The highest BCUT2D eigenvalue weighted by molar-refractivity contribution is 7.15. The molecule has 0 bridgehead atoms. The molecule has 0 radical (unpaired) electrons. The third kappa shape index (κ3) is 3.62. The molecule has 5 nitrogen and oxygen atoms in total. The number of nitrogens with zero attached hydrogens (tertiary/aromatic N) is 3. The average molecular weight is 256 g/mol. The monoisotopic (exact) mass is 256 g/mol. The third-order valence-corrected chi connectivity index (χ3v) is 3.90. The molecule has 0 aromatic carbocycles. The van der Waals surface area contributed by atoms with Crippen molar-refractivity contribution in [2.75, 3.05) is 32.1 Å². The second kappa shape index (κ2) is 6.28. The summed E-state index contributed by atoms with van der Waals surface area (Å²) in [4.78, 5) is 2.43. The van der Waals surface area contributed by atoms with E-state index >= 15 is 0 Å². The Morgan fingerprint density at radius 3 is 2.76 bits per heavy atom. The fraction of sp³-hybridized carbons (Fsp3) is 0.818. The molecule has 0 amide bonds. The number of nitrogens with one attached hydrogen (secondary N) is 1. The maximum atomic E-state index is 5.64. The number of aromatic nitrogens is 2. The van der Waals surface area contributed by atoms with Crippen molar-refractivity contribution in [1.82, 2.24) is 15.1 Å². The summed E-state index contributed by atoms with van der Waals surface area (Å²) in [5.41, 5.74) is 0. The SMILES string of the molecule is CCOC1CCN(Cc2nnc(NC)s2)CC1. The van der Waals surface area contributed by atoms with E-state index in [1.807, 2.05) is 7.05 Å². The molecule has 2 rings (SSSR count). The zero-order valence-electron chi connectivity index (χ0n) is 10.5. The fourth-order valence-corrected chi connectivity index (χ4v) is 2.82. The van der Waals surface area contributed by atoms with Gasteiger partial charge in [-0.3, -0.25) is 4.90 Å². The summed E-state index contributed by atoms with van der Waals surface area (Å²) in [6.45, 7) is 6.00.